The number of Topliss-reactive ketones (excluding diaryl/α,β-unsaturated/α-hetero) is 2. The molecule has 5 aliphatic rings. The average molecular weight is 604 g/mol. The molecule has 3 heterocycles. The van der Waals surface area contributed by atoms with E-state index in [1.54, 1.807) is 12.1 Å². The van der Waals surface area contributed by atoms with Gasteiger partial charge in [0, 0.05) is 73.8 Å². The van der Waals surface area contributed by atoms with E-state index < -0.39 is 5.92 Å². The Morgan fingerprint density at radius 1 is 0.889 bits per heavy atom. The third kappa shape index (κ3) is 5.11. The first-order valence-electron chi connectivity index (χ1n) is 15.7. The van der Waals surface area contributed by atoms with E-state index in [0.29, 0.717) is 53.0 Å². The minimum atomic E-state index is -0.748. The molecule has 1 unspecified atom stereocenters. The molecule has 45 heavy (non-hydrogen) atoms. The molecule has 0 radical (unpaired) electrons. The van der Waals surface area contributed by atoms with Crippen molar-refractivity contribution >= 4 is 23.0 Å². The number of aryl methyl sites for hydroxylation is 1. The predicted octanol–water partition coefficient (Wildman–Crippen LogP) is 2.91. The summed E-state index contributed by atoms with van der Waals surface area (Å²) in [7, 11) is 0. The van der Waals surface area contributed by atoms with Crippen LogP contribution in [0.2, 0.25) is 0 Å². The van der Waals surface area contributed by atoms with E-state index >= 15 is 0 Å². The second-order valence-corrected chi connectivity index (χ2v) is 12.2. The number of nitrogens with zero attached hydrogens (tertiary/aromatic N) is 2. The van der Waals surface area contributed by atoms with E-state index in [0.717, 1.165) is 68.4 Å². The maximum Gasteiger partial charge on any atom is 0.246 e. The number of carbonyl (C=O) groups is 2. The summed E-state index contributed by atoms with van der Waals surface area (Å²) >= 11 is 0. The number of hydrogen-bond donors (Lipinski definition) is 2. The first-order chi connectivity index (χ1) is 22.0. The predicted molar refractivity (Wildman–Crippen MR) is 168 cm³/mol. The first kappa shape index (κ1) is 27.8. The molecule has 0 spiro atoms. The number of carbonyl (C=O) groups excluding carboxylic acids is 2. The maximum absolute atomic E-state index is 13.9. The van der Waals surface area contributed by atoms with Crippen LogP contribution < -0.4 is 24.5 Å². The molecule has 1 atom stereocenters. The second-order valence-electron chi connectivity index (χ2n) is 12.2. The molecule has 1 saturated heterocycles. The highest BCUT2D eigenvalue weighted by Crippen LogP contribution is 2.39. The normalized spacial score (nSPS) is 20.4. The van der Waals surface area contributed by atoms with Gasteiger partial charge in [-0.1, -0.05) is 36.4 Å². The van der Waals surface area contributed by atoms with Crippen molar-refractivity contribution in [2.24, 2.45) is 5.92 Å². The number of nitrogens with one attached hydrogen (secondary N) is 2. The van der Waals surface area contributed by atoms with Crippen molar-refractivity contribution in [2.75, 3.05) is 46.1 Å². The summed E-state index contributed by atoms with van der Waals surface area (Å²) in [5.41, 5.74) is 5.80. The Hall–Kier alpha value is -4.73. The quantitative estimate of drug-likeness (QED) is 0.399. The molecule has 228 valence electrons. The molecule has 2 N–H and O–H groups in total. The lowest BCUT2D eigenvalue weighted by Gasteiger charge is -2.35. The number of hydrogen-bond acceptors (Lipinski definition) is 8. The van der Waals surface area contributed by atoms with E-state index in [4.69, 9.17) is 14.2 Å². The Bertz CT molecular complexity index is 1820. The van der Waals surface area contributed by atoms with Crippen molar-refractivity contribution in [1.29, 1.82) is 0 Å². The van der Waals surface area contributed by atoms with Gasteiger partial charge in [-0.3, -0.25) is 14.5 Å². The third-order valence-corrected chi connectivity index (χ3v) is 9.25. The Morgan fingerprint density at radius 2 is 1.69 bits per heavy atom. The van der Waals surface area contributed by atoms with Crippen LogP contribution in [0.4, 0.5) is 5.69 Å². The van der Waals surface area contributed by atoms with Gasteiger partial charge in [-0.2, -0.15) is 0 Å². The van der Waals surface area contributed by atoms with E-state index in [1.165, 1.54) is 5.56 Å². The highest BCUT2D eigenvalue weighted by molar-refractivity contribution is 6.32. The van der Waals surface area contributed by atoms with E-state index in [2.05, 4.69) is 32.2 Å². The number of allylic oxidation sites excluding steroid dienone is 3. The molecule has 2 aliphatic carbocycles. The molecule has 0 amide bonds. The number of benzene rings is 3. The van der Waals surface area contributed by atoms with Gasteiger partial charge in [0.25, 0.3) is 0 Å². The zero-order valence-electron chi connectivity index (χ0n) is 25.2. The van der Waals surface area contributed by atoms with Gasteiger partial charge >= 0.3 is 0 Å². The van der Waals surface area contributed by atoms with E-state index in [1.807, 2.05) is 49.4 Å². The highest BCUT2D eigenvalue weighted by Gasteiger charge is 2.49. The van der Waals surface area contributed by atoms with Crippen LogP contribution in [0.25, 0.3) is 0 Å². The van der Waals surface area contributed by atoms with Crippen molar-refractivity contribution in [2.45, 2.75) is 19.9 Å². The van der Waals surface area contributed by atoms with Gasteiger partial charge in [-0.05, 0) is 49.2 Å². The number of fused-ring (bicyclic) bond motifs is 6. The van der Waals surface area contributed by atoms with Gasteiger partial charge in [0.2, 0.25) is 18.2 Å². The largest absolute Gasteiger partial charge is 0.454 e. The Balaban J connectivity index is 0.946. The number of rotatable bonds is 7. The van der Waals surface area contributed by atoms with Gasteiger partial charge in [0.1, 0.15) is 5.92 Å². The fourth-order valence-electron chi connectivity index (χ4n) is 6.88. The number of ketones is 2. The topological polar surface area (TPSA) is 94.3 Å². The van der Waals surface area contributed by atoms with Gasteiger partial charge < -0.3 is 24.4 Å². The smallest absolute Gasteiger partial charge is 0.246 e. The molecule has 0 bridgehead atoms. The SMILES string of the molecule is Cc1ccc2c(c1)OC1=CC(NCCCN3CCN(Cc4ccc5c(c4)OCO5)CC3)=C3C(=O)c4ccccc4C(=O)C3C1=[NH+]2. The fourth-order valence-corrected chi connectivity index (χ4v) is 6.88. The van der Waals surface area contributed by atoms with Gasteiger partial charge in [-0.25, -0.2) is 4.99 Å². The molecule has 0 aromatic heterocycles. The van der Waals surface area contributed by atoms with Crippen LogP contribution in [0.1, 0.15) is 38.3 Å². The molecule has 0 saturated carbocycles. The summed E-state index contributed by atoms with van der Waals surface area (Å²) in [5.74, 6) is 1.98. The molecule has 9 nitrogen and oxygen atoms in total. The van der Waals surface area contributed by atoms with E-state index in [-0.39, 0.29) is 11.6 Å². The zero-order valence-corrected chi connectivity index (χ0v) is 25.2. The van der Waals surface area contributed by atoms with Crippen LogP contribution in [0, 0.1) is 12.8 Å². The Morgan fingerprint density at radius 3 is 2.56 bits per heavy atom. The summed E-state index contributed by atoms with van der Waals surface area (Å²) in [6.07, 6.45) is 2.79. The maximum atomic E-state index is 13.9. The standard InChI is InChI=1S/C36H34N4O5/c1-22-7-9-26-29(17-22)45-31-19-27(32-33(34(31)38-26)36(42)25-6-3-2-5-24(25)35(32)41)37-11-4-12-39-13-15-40(16-14-39)20-23-8-10-28-30(18-23)44-21-43-28/h2-3,5-10,17-19,33,37H,4,11-16,20-21H2,1H3/p+1. The molecule has 3 aliphatic heterocycles. The van der Waals surface area contributed by atoms with Crippen molar-refractivity contribution in [3.8, 4) is 17.2 Å². The van der Waals surface area contributed by atoms with Crippen molar-refractivity contribution in [3.63, 3.8) is 0 Å². The third-order valence-electron chi connectivity index (χ3n) is 9.25. The molecule has 9 heteroatoms. The van der Waals surface area contributed by atoms with Crippen LogP contribution in [0.3, 0.4) is 0 Å². The van der Waals surface area contributed by atoms with Gasteiger partial charge in [0.05, 0.1) is 0 Å². The summed E-state index contributed by atoms with van der Waals surface area (Å²) in [6, 6.07) is 19.2. The van der Waals surface area contributed by atoms with Crippen molar-refractivity contribution in [1.82, 2.24) is 15.1 Å². The summed E-state index contributed by atoms with van der Waals surface area (Å²) < 4.78 is 17.3. The highest BCUT2D eigenvalue weighted by atomic mass is 16.7. The average Bonchev–Trinajstić information content (AvgIpc) is 3.53. The van der Waals surface area contributed by atoms with Crippen LogP contribution in [-0.4, -0.2) is 73.1 Å². The zero-order chi connectivity index (χ0) is 30.5. The molecule has 1 fully saturated rings. The second kappa shape index (κ2) is 11.3. The number of piperazine rings is 1. The summed E-state index contributed by atoms with van der Waals surface area (Å²) in [5, 5.41) is 3.52. The number of ether oxygens (including phenoxy) is 3. The lowest BCUT2D eigenvalue weighted by molar-refractivity contribution is -0.361. The van der Waals surface area contributed by atoms with Crippen molar-refractivity contribution < 1.29 is 28.8 Å². The summed E-state index contributed by atoms with van der Waals surface area (Å²) in [4.78, 5) is 36.2. The molecular weight excluding hydrogens is 568 g/mol. The molecule has 3 aromatic carbocycles. The van der Waals surface area contributed by atoms with Crippen LogP contribution in [-0.2, 0) is 6.54 Å². The lowest BCUT2D eigenvalue weighted by atomic mass is 9.72. The van der Waals surface area contributed by atoms with E-state index in [9.17, 15) is 9.59 Å². The van der Waals surface area contributed by atoms with Gasteiger partial charge in [0.15, 0.2) is 34.6 Å². The minimum Gasteiger partial charge on any atom is -0.454 e. The monoisotopic (exact) mass is 603 g/mol. The Labute approximate surface area is 261 Å². The minimum absolute atomic E-state index is 0.0922. The van der Waals surface area contributed by atoms with Gasteiger partial charge in [-0.15, -0.1) is 0 Å². The fraction of sp³-hybridized carbons (Fsp3) is 0.306. The molecule has 3 aromatic rings. The molecular formula is C36H35N4O5+. The van der Waals surface area contributed by atoms with Crippen LogP contribution in [0.5, 0.6) is 17.2 Å². The van der Waals surface area contributed by atoms with Crippen LogP contribution in [0.15, 0.2) is 83.8 Å². The van der Waals surface area contributed by atoms with Crippen molar-refractivity contribution in [3.05, 3.63) is 106 Å². The summed E-state index contributed by atoms with van der Waals surface area (Å²) in [6.45, 7) is 8.85. The molecule has 8 rings (SSSR count). The lowest BCUT2D eigenvalue weighted by Crippen LogP contribution is -2.72. The first-order valence-corrected chi connectivity index (χ1v) is 15.7. The Kier molecular flexibility index (Phi) is 6.99. The van der Waals surface area contributed by atoms with Crippen LogP contribution >= 0.6 is 0 Å².